The lowest BCUT2D eigenvalue weighted by Crippen LogP contribution is -2.48. The molecule has 2 rings (SSSR count). The van der Waals surface area contributed by atoms with Gasteiger partial charge < -0.3 is 15.1 Å². The minimum atomic E-state index is 0.754. The molecule has 0 unspecified atom stereocenters. The Labute approximate surface area is 132 Å². The fraction of sp³-hybridized carbons (Fsp3) is 0.667. The lowest BCUT2D eigenvalue weighted by atomic mass is 10.2. The summed E-state index contributed by atoms with van der Waals surface area (Å²) in [6.45, 7) is 7.16. The van der Waals surface area contributed by atoms with E-state index >= 15 is 0 Å². The monoisotopic (exact) mass is 311 g/mol. The quantitative estimate of drug-likeness (QED) is 0.852. The van der Waals surface area contributed by atoms with Crippen LogP contribution in [0.15, 0.2) is 12.3 Å². The van der Waals surface area contributed by atoms with Gasteiger partial charge in [-0.05, 0) is 32.8 Å². The minimum Gasteiger partial charge on any atom is -0.353 e. The highest BCUT2D eigenvalue weighted by molar-refractivity contribution is 6.33. The molecule has 0 radical (unpaired) electrons. The molecule has 5 nitrogen and oxygen atoms in total. The number of pyridine rings is 1. The van der Waals surface area contributed by atoms with Gasteiger partial charge in [0.25, 0.3) is 0 Å². The predicted octanol–water partition coefficient (Wildman–Crippen LogP) is 1.14. The lowest BCUT2D eigenvalue weighted by molar-refractivity contribution is 0.229. The maximum Gasteiger partial charge on any atom is 0.147 e. The van der Waals surface area contributed by atoms with Crippen LogP contribution in [0, 0.1) is 0 Å². The Morgan fingerprint density at radius 3 is 2.57 bits per heavy atom. The van der Waals surface area contributed by atoms with E-state index in [4.69, 9.17) is 11.6 Å². The molecule has 1 N–H and O–H groups in total. The SMILES string of the molecule is CNCc1cnc(N2CCN(CCN(C)C)CC2)c(Cl)c1. The predicted molar refractivity (Wildman–Crippen MR) is 89.2 cm³/mol. The molecule has 0 amide bonds. The van der Waals surface area contributed by atoms with Gasteiger partial charge in [0.1, 0.15) is 5.82 Å². The first kappa shape index (κ1) is 16.5. The van der Waals surface area contributed by atoms with E-state index in [0.29, 0.717) is 0 Å². The first-order chi connectivity index (χ1) is 10.1. The molecule has 1 aromatic rings. The Balaban J connectivity index is 1.90. The third-order valence-corrected chi connectivity index (χ3v) is 4.07. The van der Waals surface area contributed by atoms with E-state index in [1.54, 1.807) is 0 Å². The summed E-state index contributed by atoms with van der Waals surface area (Å²) < 4.78 is 0. The van der Waals surface area contributed by atoms with E-state index in [1.165, 1.54) is 0 Å². The zero-order valence-electron chi connectivity index (χ0n) is 13.3. The van der Waals surface area contributed by atoms with Crippen molar-refractivity contribution in [2.75, 3.05) is 65.3 Å². The zero-order valence-corrected chi connectivity index (χ0v) is 14.0. The summed E-state index contributed by atoms with van der Waals surface area (Å²) in [5, 5.41) is 3.87. The molecule has 1 aliphatic rings. The summed E-state index contributed by atoms with van der Waals surface area (Å²) >= 11 is 6.39. The van der Waals surface area contributed by atoms with Crippen LogP contribution in [0.25, 0.3) is 0 Å². The second-order valence-corrected chi connectivity index (χ2v) is 6.22. The van der Waals surface area contributed by atoms with Crippen LogP contribution in [-0.2, 0) is 6.54 Å². The molecule has 1 aromatic heterocycles. The first-order valence-corrected chi connectivity index (χ1v) is 7.89. The Morgan fingerprint density at radius 1 is 1.29 bits per heavy atom. The number of rotatable bonds is 6. The average Bonchev–Trinajstić information content (AvgIpc) is 2.46. The van der Waals surface area contributed by atoms with Crippen molar-refractivity contribution in [1.82, 2.24) is 20.1 Å². The highest BCUT2D eigenvalue weighted by Crippen LogP contribution is 2.25. The summed E-state index contributed by atoms with van der Waals surface area (Å²) in [6, 6.07) is 2.01. The molecular weight excluding hydrogens is 286 g/mol. The van der Waals surface area contributed by atoms with E-state index in [2.05, 4.69) is 39.1 Å². The molecule has 0 aromatic carbocycles. The first-order valence-electron chi connectivity index (χ1n) is 7.51. The summed E-state index contributed by atoms with van der Waals surface area (Å²) in [5.74, 6) is 0.920. The van der Waals surface area contributed by atoms with Crippen molar-refractivity contribution in [2.24, 2.45) is 0 Å². The molecule has 0 saturated carbocycles. The third kappa shape index (κ3) is 4.81. The van der Waals surface area contributed by atoms with Crippen molar-refractivity contribution in [3.8, 4) is 0 Å². The van der Waals surface area contributed by atoms with E-state index in [-0.39, 0.29) is 0 Å². The van der Waals surface area contributed by atoms with Gasteiger partial charge in [0, 0.05) is 52.0 Å². The Hall–Kier alpha value is -0.880. The molecule has 1 fully saturated rings. The van der Waals surface area contributed by atoms with Gasteiger partial charge in [-0.15, -0.1) is 0 Å². The van der Waals surface area contributed by atoms with E-state index < -0.39 is 0 Å². The number of nitrogens with zero attached hydrogens (tertiary/aromatic N) is 4. The van der Waals surface area contributed by atoms with Gasteiger partial charge >= 0.3 is 0 Å². The molecule has 0 spiro atoms. The van der Waals surface area contributed by atoms with Gasteiger partial charge in [-0.1, -0.05) is 11.6 Å². The summed E-state index contributed by atoms with van der Waals surface area (Å²) in [5.41, 5.74) is 1.12. The third-order valence-electron chi connectivity index (χ3n) is 3.79. The van der Waals surface area contributed by atoms with Crippen LogP contribution in [0.3, 0.4) is 0 Å². The van der Waals surface area contributed by atoms with E-state index in [1.807, 2.05) is 19.3 Å². The number of likely N-dealkylation sites (N-methyl/N-ethyl adjacent to an activating group) is 1. The number of nitrogens with one attached hydrogen (secondary N) is 1. The van der Waals surface area contributed by atoms with Crippen molar-refractivity contribution in [1.29, 1.82) is 0 Å². The van der Waals surface area contributed by atoms with Gasteiger partial charge in [0.05, 0.1) is 5.02 Å². The van der Waals surface area contributed by atoms with Crippen molar-refractivity contribution in [2.45, 2.75) is 6.54 Å². The van der Waals surface area contributed by atoms with Crippen LogP contribution >= 0.6 is 11.6 Å². The fourth-order valence-electron chi connectivity index (χ4n) is 2.53. The molecule has 1 saturated heterocycles. The van der Waals surface area contributed by atoms with Gasteiger partial charge in [-0.2, -0.15) is 0 Å². The van der Waals surface area contributed by atoms with Crippen molar-refractivity contribution >= 4 is 17.4 Å². The van der Waals surface area contributed by atoms with Gasteiger partial charge in [0.15, 0.2) is 0 Å². The molecule has 118 valence electrons. The Kier molecular flexibility index (Phi) is 6.23. The van der Waals surface area contributed by atoms with Gasteiger partial charge in [-0.3, -0.25) is 4.90 Å². The summed E-state index contributed by atoms with van der Waals surface area (Å²) in [6.07, 6.45) is 1.91. The largest absolute Gasteiger partial charge is 0.353 e. The molecule has 21 heavy (non-hydrogen) atoms. The molecule has 2 heterocycles. The Bertz CT molecular complexity index is 444. The lowest BCUT2D eigenvalue weighted by Gasteiger charge is -2.36. The maximum absolute atomic E-state index is 6.39. The fourth-order valence-corrected chi connectivity index (χ4v) is 2.84. The molecule has 6 heteroatoms. The van der Waals surface area contributed by atoms with Gasteiger partial charge in [-0.25, -0.2) is 4.98 Å². The molecule has 0 aliphatic carbocycles. The second kappa shape index (κ2) is 7.94. The molecule has 1 aliphatic heterocycles. The zero-order chi connectivity index (χ0) is 15.2. The average molecular weight is 312 g/mol. The number of hydrogen-bond donors (Lipinski definition) is 1. The number of anilines is 1. The molecule has 0 bridgehead atoms. The van der Waals surface area contributed by atoms with Crippen LogP contribution < -0.4 is 10.2 Å². The topological polar surface area (TPSA) is 34.6 Å². The highest BCUT2D eigenvalue weighted by atomic mass is 35.5. The minimum absolute atomic E-state index is 0.754. The van der Waals surface area contributed by atoms with E-state index in [9.17, 15) is 0 Å². The van der Waals surface area contributed by atoms with E-state index in [0.717, 1.165) is 62.2 Å². The van der Waals surface area contributed by atoms with Crippen LogP contribution in [0.1, 0.15) is 5.56 Å². The smallest absolute Gasteiger partial charge is 0.147 e. The van der Waals surface area contributed by atoms with Crippen LogP contribution in [0.2, 0.25) is 5.02 Å². The normalized spacial score (nSPS) is 16.7. The molecular formula is C15H26ClN5. The Morgan fingerprint density at radius 2 is 2.00 bits per heavy atom. The molecule has 0 atom stereocenters. The van der Waals surface area contributed by atoms with Crippen LogP contribution in [0.5, 0.6) is 0 Å². The number of hydrogen-bond acceptors (Lipinski definition) is 5. The van der Waals surface area contributed by atoms with Crippen molar-refractivity contribution in [3.63, 3.8) is 0 Å². The van der Waals surface area contributed by atoms with Crippen molar-refractivity contribution < 1.29 is 0 Å². The number of halogens is 1. The summed E-state index contributed by atoms with van der Waals surface area (Å²) in [7, 11) is 6.16. The highest BCUT2D eigenvalue weighted by Gasteiger charge is 2.19. The standard InChI is InChI=1S/C15H26ClN5/c1-17-11-13-10-14(16)15(18-12-13)21-8-6-20(7-9-21)5-4-19(2)3/h10,12,17H,4-9,11H2,1-3H3. The van der Waals surface area contributed by atoms with Crippen molar-refractivity contribution in [3.05, 3.63) is 22.8 Å². The van der Waals surface area contributed by atoms with Crippen LogP contribution in [-0.4, -0.2) is 75.2 Å². The maximum atomic E-state index is 6.39. The second-order valence-electron chi connectivity index (χ2n) is 5.81. The van der Waals surface area contributed by atoms with Crippen LogP contribution in [0.4, 0.5) is 5.82 Å². The number of aromatic nitrogens is 1. The summed E-state index contributed by atoms with van der Waals surface area (Å²) in [4.78, 5) is 11.6. The number of piperazine rings is 1. The van der Waals surface area contributed by atoms with Gasteiger partial charge in [0.2, 0.25) is 0 Å².